The molecule has 0 fully saturated rings. The number of aromatic nitrogens is 2. The average molecular weight is 490 g/mol. The van der Waals surface area contributed by atoms with Crippen molar-refractivity contribution in [1.82, 2.24) is 20.6 Å². The molecule has 0 bridgehead atoms. The molecule has 0 aliphatic rings. The van der Waals surface area contributed by atoms with Crippen LogP contribution >= 0.6 is 0 Å². The van der Waals surface area contributed by atoms with Crippen LogP contribution in [0.25, 0.3) is 10.8 Å². The van der Waals surface area contributed by atoms with Gasteiger partial charge in [0.2, 0.25) is 5.91 Å². The smallest absolute Gasteiger partial charge is 0.376 e. The molecule has 0 aliphatic carbocycles. The number of benzene rings is 2. The van der Waals surface area contributed by atoms with Gasteiger partial charge in [0.25, 0.3) is 11.5 Å². The summed E-state index contributed by atoms with van der Waals surface area (Å²) in [4.78, 5) is 37.8. The maximum atomic E-state index is 13.6. The van der Waals surface area contributed by atoms with Crippen LogP contribution in [-0.4, -0.2) is 32.9 Å². The Morgan fingerprint density at radius 2 is 1.60 bits per heavy atom. The third-order valence-electron chi connectivity index (χ3n) is 5.51. The van der Waals surface area contributed by atoms with E-state index in [9.17, 15) is 32.7 Å². The Labute approximate surface area is 198 Å². The van der Waals surface area contributed by atoms with E-state index in [1.54, 1.807) is 12.1 Å². The third kappa shape index (κ3) is 5.68. The standard InChI is InChI=1S/C24H25F3N4O4/c1-2-3-9-14-31-22(34)18-13-8-7-12-17(18)20(30-31)21(33)29-28-19(32)15-23(35,24(25,26)27)16-10-5-4-6-11-16/h4-8,10-13,35H,2-3,9,14-15H2,1H3,(H,28,32)(H,29,33)/t23-/m0/s1. The molecule has 1 atom stereocenters. The number of hydrogen-bond donors (Lipinski definition) is 3. The first-order valence-electron chi connectivity index (χ1n) is 11.0. The quantitative estimate of drug-likeness (QED) is 0.332. The number of carbonyl (C=O) groups excluding carboxylic acids is 2. The fraction of sp³-hybridized carbons (Fsp3) is 0.333. The first-order chi connectivity index (χ1) is 16.6. The molecule has 0 saturated carbocycles. The van der Waals surface area contributed by atoms with Gasteiger partial charge >= 0.3 is 6.18 Å². The zero-order valence-electron chi connectivity index (χ0n) is 18.9. The lowest BCUT2D eigenvalue weighted by Gasteiger charge is -2.30. The summed E-state index contributed by atoms with van der Waals surface area (Å²) in [6.45, 7) is 2.27. The van der Waals surface area contributed by atoms with Crippen molar-refractivity contribution >= 4 is 22.6 Å². The van der Waals surface area contributed by atoms with E-state index in [-0.39, 0.29) is 28.6 Å². The third-order valence-corrected chi connectivity index (χ3v) is 5.51. The van der Waals surface area contributed by atoms with Crippen molar-refractivity contribution in [3.8, 4) is 0 Å². The molecule has 3 aromatic rings. The SMILES string of the molecule is CCCCCn1nc(C(=O)NNC(=O)C[C@](O)(c2ccccc2)C(F)(F)F)c2ccccc2c1=O. The van der Waals surface area contributed by atoms with Crippen LogP contribution in [0.5, 0.6) is 0 Å². The molecular weight excluding hydrogens is 465 g/mol. The van der Waals surface area contributed by atoms with Gasteiger partial charge in [-0.2, -0.15) is 18.3 Å². The minimum atomic E-state index is -5.15. The second-order valence-electron chi connectivity index (χ2n) is 8.03. The number of unbranched alkanes of at least 4 members (excludes halogenated alkanes) is 2. The topological polar surface area (TPSA) is 113 Å². The molecule has 0 unspecified atom stereocenters. The maximum Gasteiger partial charge on any atom is 0.421 e. The second-order valence-corrected chi connectivity index (χ2v) is 8.03. The molecule has 0 aliphatic heterocycles. The van der Waals surface area contributed by atoms with E-state index >= 15 is 0 Å². The Kier molecular flexibility index (Phi) is 7.90. The van der Waals surface area contributed by atoms with Crippen molar-refractivity contribution in [2.75, 3.05) is 0 Å². The highest BCUT2D eigenvalue weighted by atomic mass is 19.4. The first kappa shape index (κ1) is 25.9. The van der Waals surface area contributed by atoms with Crippen molar-refractivity contribution in [3.05, 3.63) is 76.2 Å². The van der Waals surface area contributed by atoms with E-state index in [1.807, 2.05) is 17.8 Å². The summed E-state index contributed by atoms with van der Waals surface area (Å²) < 4.78 is 42.1. The highest BCUT2D eigenvalue weighted by Crippen LogP contribution is 2.41. The molecule has 3 N–H and O–H groups in total. The van der Waals surface area contributed by atoms with Gasteiger partial charge in [0.05, 0.1) is 11.8 Å². The molecule has 186 valence electrons. The molecule has 1 aromatic heterocycles. The number of aliphatic hydroxyl groups is 1. The van der Waals surface area contributed by atoms with Crippen LogP contribution in [0, 0.1) is 0 Å². The van der Waals surface area contributed by atoms with E-state index in [0.29, 0.717) is 6.42 Å². The highest BCUT2D eigenvalue weighted by Gasteiger charge is 2.56. The zero-order valence-corrected chi connectivity index (χ0v) is 18.9. The minimum absolute atomic E-state index is 0.175. The average Bonchev–Trinajstić information content (AvgIpc) is 2.84. The summed E-state index contributed by atoms with van der Waals surface area (Å²) >= 11 is 0. The monoisotopic (exact) mass is 490 g/mol. The number of alkyl halides is 3. The van der Waals surface area contributed by atoms with E-state index in [1.165, 1.54) is 30.3 Å². The van der Waals surface area contributed by atoms with Crippen LogP contribution in [0.4, 0.5) is 13.2 Å². The normalized spacial score (nSPS) is 13.3. The second kappa shape index (κ2) is 10.7. The van der Waals surface area contributed by atoms with Crippen LogP contribution in [0.3, 0.4) is 0 Å². The van der Waals surface area contributed by atoms with Gasteiger partial charge in [0, 0.05) is 11.9 Å². The van der Waals surface area contributed by atoms with Crippen LogP contribution < -0.4 is 16.4 Å². The van der Waals surface area contributed by atoms with Gasteiger partial charge in [0.1, 0.15) is 0 Å². The fourth-order valence-electron chi connectivity index (χ4n) is 3.61. The predicted molar refractivity (Wildman–Crippen MR) is 122 cm³/mol. The number of fused-ring (bicyclic) bond motifs is 1. The van der Waals surface area contributed by atoms with Crippen LogP contribution in [0.1, 0.15) is 48.7 Å². The number of hydrazine groups is 1. The lowest BCUT2D eigenvalue weighted by Crippen LogP contribution is -2.49. The molecule has 35 heavy (non-hydrogen) atoms. The van der Waals surface area contributed by atoms with Gasteiger partial charge in [-0.3, -0.25) is 25.2 Å². The summed E-state index contributed by atoms with van der Waals surface area (Å²) in [6, 6.07) is 12.5. The molecular formula is C24H25F3N4O4. The summed E-state index contributed by atoms with van der Waals surface area (Å²) in [5.74, 6) is -2.20. The number of rotatable bonds is 8. The summed E-state index contributed by atoms with van der Waals surface area (Å²) in [5.41, 5.74) is -0.586. The van der Waals surface area contributed by atoms with Gasteiger partial charge in [-0.1, -0.05) is 68.3 Å². The minimum Gasteiger partial charge on any atom is -0.376 e. The number of nitrogens with zero attached hydrogens (tertiary/aromatic N) is 2. The number of carbonyl (C=O) groups is 2. The maximum absolute atomic E-state index is 13.6. The van der Waals surface area contributed by atoms with Crippen LogP contribution in [-0.2, 0) is 16.9 Å². The lowest BCUT2D eigenvalue weighted by molar-refractivity contribution is -0.267. The Bertz CT molecular complexity index is 1260. The van der Waals surface area contributed by atoms with E-state index in [4.69, 9.17) is 0 Å². The highest BCUT2D eigenvalue weighted by molar-refractivity contribution is 6.05. The summed E-state index contributed by atoms with van der Waals surface area (Å²) in [7, 11) is 0. The molecule has 0 spiro atoms. The number of nitrogens with one attached hydrogen (secondary N) is 2. The molecule has 2 aromatic carbocycles. The molecule has 0 saturated heterocycles. The number of halogens is 3. The number of hydrogen-bond acceptors (Lipinski definition) is 5. The first-order valence-corrected chi connectivity index (χ1v) is 11.0. The molecule has 2 amide bonds. The van der Waals surface area contributed by atoms with Gasteiger partial charge in [-0.05, 0) is 18.1 Å². The van der Waals surface area contributed by atoms with E-state index in [2.05, 4.69) is 5.10 Å². The van der Waals surface area contributed by atoms with E-state index in [0.717, 1.165) is 29.7 Å². The van der Waals surface area contributed by atoms with Crippen molar-refractivity contribution in [2.24, 2.45) is 0 Å². The van der Waals surface area contributed by atoms with Crippen molar-refractivity contribution in [2.45, 2.75) is 50.9 Å². The summed E-state index contributed by atoms with van der Waals surface area (Å²) in [6.07, 6.45) is -4.11. The molecule has 0 radical (unpaired) electrons. The largest absolute Gasteiger partial charge is 0.421 e. The van der Waals surface area contributed by atoms with Gasteiger partial charge in [-0.25, -0.2) is 4.68 Å². The number of amides is 2. The van der Waals surface area contributed by atoms with Gasteiger partial charge in [-0.15, -0.1) is 0 Å². The Morgan fingerprint density at radius 3 is 2.23 bits per heavy atom. The van der Waals surface area contributed by atoms with E-state index < -0.39 is 35.6 Å². The molecule has 3 rings (SSSR count). The van der Waals surface area contributed by atoms with Gasteiger partial charge in [0.15, 0.2) is 11.3 Å². The lowest BCUT2D eigenvalue weighted by atomic mass is 9.89. The molecule has 11 heteroatoms. The summed E-state index contributed by atoms with van der Waals surface area (Å²) in [5, 5.41) is 14.9. The molecule has 1 heterocycles. The van der Waals surface area contributed by atoms with Crippen LogP contribution in [0.2, 0.25) is 0 Å². The fourth-order valence-corrected chi connectivity index (χ4v) is 3.61. The molecule has 8 nitrogen and oxygen atoms in total. The Balaban J connectivity index is 1.81. The van der Waals surface area contributed by atoms with Crippen molar-refractivity contribution < 1.29 is 27.9 Å². The van der Waals surface area contributed by atoms with Gasteiger partial charge < -0.3 is 5.11 Å². The van der Waals surface area contributed by atoms with Crippen LogP contribution in [0.15, 0.2) is 59.4 Å². The van der Waals surface area contributed by atoms with Crippen molar-refractivity contribution in [3.63, 3.8) is 0 Å². The zero-order chi connectivity index (χ0) is 25.6. The predicted octanol–water partition coefficient (Wildman–Crippen LogP) is 3.19. The Hall–Kier alpha value is -3.73. The van der Waals surface area contributed by atoms with Crippen molar-refractivity contribution in [1.29, 1.82) is 0 Å². The Morgan fingerprint density at radius 1 is 0.971 bits per heavy atom. The number of aryl methyl sites for hydroxylation is 1.